The second-order valence-electron chi connectivity index (χ2n) is 5.90. The minimum absolute atomic E-state index is 0.468. The molecule has 0 saturated heterocycles. The van der Waals surface area contributed by atoms with E-state index in [4.69, 9.17) is 9.94 Å². The van der Waals surface area contributed by atoms with E-state index in [-0.39, 0.29) is 0 Å². The second kappa shape index (κ2) is 5.53. The predicted octanol–water partition coefficient (Wildman–Crippen LogP) is 3.55. The van der Waals surface area contributed by atoms with E-state index in [2.05, 4.69) is 10.5 Å². The lowest BCUT2D eigenvalue weighted by atomic mass is 9.90. The van der Waals surface area contributed by atoms with E-state index in [0.717, 1.165) is 30.4 Å². The lowest BCUT2D eigenvalue weighted by molar-refractivity contribution is 0.0636. The normalized spacial score (nSPS) is 16.6. The number of ether oxygens (including phenoxy) is 1. The molecule has 0 unspecified atom stereocenters. The van der Waals surface area contributed by atoms with Crippen molar-refractivity contribution in [1.82, 2.24) is 0 Å². The molecule has 0 atom stereocenters. The summed E-state index contributed by atoms with van der Waals surface area (Å²) in [6.07, 6.45) is 2.17. The molecule has 2 N–H and O–H groups in total. The van der Waals surface area contributed by atoms with Crippen molar-refractivity contribution in [2.45, 2.75) is 45.6 Å². The van der Waals surface area contributed by atoms with Gasteiger partial charge in [0.15, 0.2) is 0 Å². The summed E-state index contributed by atoms with van der Waals surface area (Å²) in [5, 5.41) is 15.0. The van der Waals surface area contributed by atoms with Crippen molar-refractivity contribution in [2.24, 2.45) is 5.16 Å². The van der Waals surface area contributed by atoms with Gasteiger partial charge in [0.25, 0.3) is 0 Å². The summed E-state index contributed by atoms with van der Waals surface area (Å²) in [4.78, 5) is 11.7. The average Bonchev–Trinajstić information content (AvgIpc) is 2.35. The molecule has 0 fully saturated rings. The van der Waals surface area contributed by atoms with Crippen molar-refractivity contribution in [3.63, 3.8) is 0 Å². The molecule has 0 spiro atoms. The number of hydrogen-bond acceptors (Lipinski definition) is 4. The van der Waals surface area contributed by atoms with Gasteiger partial charge in [-0.2, -0.15) is 0 Å². The first-order valence-corrected chi connectivity index (χ1v) is 6.73. The molecule has 0 saturated carbocycles. The van der Waals surface area contributed by atoms with Crippen LogP contribution in [0.15, 0.2) is 23.4 Å². The van der Waals surface area contributed by atoms with Gasteiger partial charge in [-0.1, -0.05) is 11.2 Å². The fourth-order valence-corrected chi connectivity index (χ4v) is 2.27. The van der Waals surface area contributed by atoms with Crippen LogP contribution in [0.3, 0.4) is 0 Å². The van der Waals surface area contributed by atoms with Crippen molar-refractivity contribution >= 4 is 17.5 Å². The van der Waals surface area contributed by atoms with Gasteiger partial charge in [0.05, 0.1) is 5.71 Å². The van der Waals surface area contributed by atoms with E-state index in [1.54, 1.807) is 6.07 Å². The highest BCUT2D eigenvalue weighted by atomic mass is 16.6. The van der Waals surface area contributed by atoms with Gasteiger partial charge in [-0.15, -0.1) is 0 Å². The number of aryl methyl sites for hydroxylation is 1. The molecule has 0 aliphatic heterocycles. The highest BCUT2D eigenvalue weighted by Crippen LogP contribution is 2.25. The van der Waals surface area contributed by atoms with Crippen LogP contribution in [-0.4, -0.2) is 22.6 Å². The van der Waals surface area contributed by atoms with Gasteiger partial charge < -0.3 is 9.94 Å². The summed E-state index contributed by atoms with van der Waals surface area (Å²) in [5.41, 5.74) is 2.91. The molecular weight excluding hydrogens is 256 g/mol. The van der Waals surface area contributed by atoms with Gasteiger partial charge in [0, 0.05) is 11.3 Å². The number of nitrogens with zero attached hydrogens (tertiary/aromatic N) is 1. The number of carbonyl (C=O) groups excluding carboxylic acids is 1. The monoisotopic (exact) mass is 276 g/mol. The third-order valence-corrected chi connectivity index (χ3v) is 3.04. The van der Waals surface area contributed by atoms with Gasteiger partial charge in [-0.25, -0.2) is 4.79 Å². The van der Waals surface area contributed by atoms with Crippen LogP contribution in [-0.2, 0) is 11.2 Å². The smallest absolute Gasteiger partial charge is 0.412 e. The van der Waals surface area contributed by atoms with Crippen molar-refractivity contribution in [2.75, 3.05) is 5.32 Å². The molecule has 20 heavy (non-hydrogen) atoms. The van der Waals surface area contributed by atoms with E-state index >= 15 is 0 Å². The molecule has 1 aliphatic rings. The van der Waals surface area contributed by atoms with Gasteiger partial charge in [0.1, 0.15) is 5.60 Å². The predicted molar refractivity (Wildman–Crippen MR) is 77.6 cm³/mol. The molecular formula is C15H20N2O3. The van der Waals surface area contributed by atoms with Crippen LogP contribution in [0, 0.1) is 0 Å². The Morgan fingerprint density at radius 3 is 2.75 bits per heavy atom. The zero-order valence-electron chi connectivity index (χ0n) is 12.1. The first-order valence-electron chi connectivity index (χ1n) is 6.73. The fourth-order valence-electron chi connectivity index (χ4n) is 2.27. The van der Waals surface area contributed by atoms with Gasteiger partial charge in [-0.05, 0) is 57.7 Å². The Bertz CT molecular complexity index is 545. The molecule has 0 heterocycles. The lowest BCUT2D eigenvalue weighted by Crippen LogP contribution is -2.27. The summed E-state index contributed by atoms with van der Waals surface area (Å²) in [6, 6.07) is 5.57. The SMILES string of the molecule is CC(C)(C)OC(=O)Nc1ccc2c(c1)CCC/C2=N/O. The number of fused-ring (bicyclic) bond motifs is 1. The third kappa shape index (κ3) is 3.50. The van der Waals surface area contributed by atoms with Gasteiger partial charge in [-0.3, -0.25) is 5.32 Å². The first kappa shape index (κ1) is 14.4. The molecule has 0 radical (unpaired) electrons. The summed E-state index contributed by atoms with van der Waals surface area (Å²) in [5.74, 6) is 0. The Kier molecular flexibility index (Phi) is 3.97. The maximum Gasteiger partial charge on any atom is 0.412 e. The molecule has 1 amide bonds. The molecule has 5 heteroatoms. The minimum Gasteiger partial charge on any atom is -0.444 e. The van der Waals surface area contributed by atoms with E-state index in [0.29, 0.717) is 11.4 Å². The lowest BCUT2D eigenvalue weighted by Gasteiger charge is -2.21. The van der Waals surface area contributed by atoms with E-state index < -0.39 is 11.7 Å². The van der Waals surface area contributed by atoms with Crippen LogP contribution in [0.1, 0.15) is 44.7 Å². The van der Waals surface area contributed by atoms with Crippen LogP contribution in [0.2, 0.25) is 0 Å². The Hall–Kier alpha value is -2.04. The van der Waals surface area contributed by atoms with Crippen molar-refractivity contribution < 1.29 is 14.7 Å². The Morgan fingerprint density at radius 2 is 2.10 bits per heavy atom. The molecule has 5 nitrogen and oxygen atoms in total. The Balaban J connectivity index is 2.14. The summed E-state index contributed by atoms with van der Waals surface area (Å²) < 4.78 is 5.21. The van der Waals surface area contributed by atoms with Crippen LogP contribution >= 0.6 is 0 Å². The number of amides is 1. The minimum atomic E-state index is -0.519. The number of carbonyl (C=O) groups is 1. The van der Waals surface area contributed by atoms with E-state index in [9.17, 15) is 4.79 Å². The number of nitrogens with one attached hydrogen (secondary N) is 1. The first-order chi connectivity index (χ1) is 9.39. The van der Waals surface area contributed by atoms with Crippen LogP contribution < -0.4 is 5.32 Å². The zero-order valence-corrected chi connectivity index (χ0v) is 12.1. The number of anilines is 1. The molecule has 1 aromatic carbocycles. The molecule has 108 valence electrons. The zero-order chi connectivity index (χ0) is 14.8. The number of oxime groups is 1. The second-order valence-corrected chi connectivity index (χ2v) is 5.90. The van der Waals surface area contributed by atoms with Crippen LogP contribution in [0.4, 0.5) is 10.5 Å². The summed E-state index contributed by atoms with van der Waals surface area (Å²) >= 11 is 0. The summed E-state index contributed by atoms with van der Waals surface area (Å²) in [7, 11) is 0. The molecule has 0 aromatic heterocycles. The number of benzene rings is 1. The average molecular weight is 276 g/mol. The Labute approximate surface area is 118 Å². The standard InChI is InChI=1S/C15H20N2O3/c1-15(2,3)20-14(18)16-11-7-8-12-10(9-11)5-4-6-13(12)17-19/h7-9,19H,4-6H2,1-3H3,(H,16,18)/b17-13-. The number of rotatable bonds is 1. The van der Waals surface area contributed by atoms with Gasteiger partial charge >= 0.3 is 6.09 Å². The molecule has 0 bridgehead atoms. The highest BCUT2D eigenvalue weighted by molar-refractivity contribution is 6.02. The van der Waals surface area contributed by atoms with E-state index in [1.165, 1.54) is 0 Å². The maximum absolute atomic E-state index is 11.7. The quantitative estimate of drug-likeness (QED) is 0.608. The molecule has 1 aromatic rings. The van der Waals surface area contributed by atoms with Crippen LogP contribution in [0.5, 0.6) is 0 Å². The molecule has 2 rings (SSSR count). The summed E-state index contributed by atoms with van der Waals surface area (Å²) in [6.45, 7) is 5.47. The third-order valence-electron chi connectivity index (χ3n) is 3.04. The van der Waals surface area contributed by atoms with Gasteiger partial charge in [0.2, 0.25) is 0 Å². The topological polar surface area (TPSA) is 70.9 Å². The largest absolute Gasteiger partial charge is 0.444 e. The number of hydrogen-bond donors (Lipinski definition) is 2. The van der Waals surface area contributed by atoms with Crippen molar-refractivity contribution in [3.05, 3.63) is 29.3 Å². The van der Waals surface area contributed by atoms with Crippen molar-refractivity contribution in [1.29, 1.82) is 0 Å². The highest BCUT2D eigenvalue weighted by Gasteiger charge is 2.19. The maximum atomic E-state index is 11.7. The van der Waals surface area contributed by atoms with Crippen LogP contribution in [0.25, 0.3) is 0 Å². The molecule has 1 aliphatic carbocycles. The van der Waals surface area contributed by atoms with E-state index in [1.807, 2.05) is 32.9 Å². The fraction of sp³-hybridized carbons (Fsp3) is 0.467. The van der Waals surface area contributed by atoms with Crippen molar-refractivity contribution in [3.8, 4) is 0 Å². The Morgan fingerprint density at radius 1 is 1.35 bits per heavy atom.